The summed E-state index contributed by atoms with van der Waals surface area (Å²) < 4.78 is 52.8. The largest absolute Gasteiger partial charge is 0.480 e. The highest BCUT2D eigenvalue weighted by Gasteiger charge is 2.34. The number of alkyl halides is 3. The molecule has 4 aromatic rings. The number of benzene rings is 2. The topological polar surface area (TPSA) is 128 Å². The number of pyridine rings is 1. The van der Waals surface area contributed by atoms with Gasteiger partial charge in [0.15, 0.2) is 12.4 Å². The molecule has 2 aromatic heterocycles. The Morgan fingerprint density at radius 3 is 2.60 bits per heavy atom. The SMILES string of the molecule is Cc1cccc2cccc(-c3ncc4c(N5CCN(C(=O)O)[C@@H](CC#N)C5)nc(OC[C@@H]5CCCN5C)nc4c3OCC(F)(F)F)c12. The number of likely N-dealkylation sites (tertiary alicyclic amines) is 1. The quantitative estimate of drug-likeness (QED) is 0.256. The van der Waals surface area contributed by atoms with E-state index in [4.69, 9.17) is 14.5 Å². The van der Waals surface area contributed by atoms with Crippen molar-refractivity contribution in [3.05, 3.63) is 48.2 Å². The first-order valence-electron chi connectivity index (χ1n) is 15.4. The molecule has 0 spiro atoms. The summed E-state index contributed by atoms with van der Waals surface area (Å²) in [5.41, 5.74) is 1.77. The number of aromatic nitrogens is 3. The predicted octanol–water partition coefficient (Wildman–Crippen LogP) is 5.65. The Balaban J connectivity index is 1.54. The zero-order valence-electron chi connectivity index (χ0n) is 26.0. The first-order chi connectivity index (χ1) is 22.5. The number of anilines is 1. The Kier molecular flexibility index (Phi) is 8.92. The van der Waals surface area contributed by atoms with Crippen LogP contribution in [0.4, 0.5) is 23.8 Å². The van der Waals surface area contributed by atoms with Crippen molar-refractivity contribution < 1.29 is 32.5 Å². The van der Waals surface area contributed by atoms with Gasteiger partial charge in [0.1, 0.15) is 23.6 Å². The van der Waals surface area contributed by atoms with E-state index in [2.05, 4.69) is 20.9 Å². The molecule has 2 aliphatic rings. The Bertz CT molecular complexity index is 1840. The van der Waals surface area contributed by atoms with Gasteiger partial charge in [-0.05, 0) is 49.7 Å². The molecule has 2 saturated heterocycles. The molecule has 246 valence electrons. The zero-order chi connectivity index (χ0) is 33.3. The van der Waals surface area contributed by atoms with Crippen LogP contribution in [0.25, 0.3) is 32.9 Å². The van der Waals surface area contributed by atoms with Crippen molar-refractivity contribution in [1.82, 2.24) is 24.8 Å². The molecule has 2 aliphatic heterocycles. The van der Waals surface area contributed by atoms with Crippen LogP contribution in [0.5, 0.6) is 11.8 Å². The fourth-order valence-corrected chi connectivity index (χ4v) is 6.48. The summed E-state index contributed by atoms with van der Waals surface area (Å²) in [5, 5.41) is 21.2. The van der Waals surface area contributed by atoms with Gasteiger partial charge in [-0.1, -0.05) is 36.4 Å². The maximum Gasteiger partial charge on any atom is 0.422 e. The Labute approximate surface area is 269 Å². The van der Waals surface area contributed by atoms with Crippen molar-refractivity contribution in [2.24, 2.45) is 0 Å². The molecule has 2 fully saturated rings. The number of amides is 1. The molecule has 0 radical (unpaired) electrons. The van der Waals surface area contributed by atoms with Crippen molar-refractivity contribution in [2.75, 3.05) is 51.3 Å². The van der Waals surface area contributed by atoms with E-state index >= 15 is 0 Å². The number of carbonyl (C=O) groups is 1. The fraction of sp³-hybridized carbons (Fsp3) is 0.424. The van der Waals surface area contributed by atoms with Crippen molar-refractivity contribution >= 4 is 33.6 Å². The zero-order valence-corrected chi connectivity index (χ0v) is 26.0. The van der Waals surface area contributed by atoms with Crippen LogP contribution >= 0.6 is 0 Å². The van der Waals surface area contributed by atoms with Crippen LogP contribution in [0.3, 0.4) is 0 Å². The number of nitrogens with zero attached hydrogens (tertiary/aromatic N) is 7. The number of hydrogen-bond donors (Lipinski definition) is 1. The summed E-state index contributed by atoms with van der Waals surface area (Å²) in [7, 11) is 2.00. The highest BCUT2D eigenvalue weighted by atomic mass is 19.4. The second kappa shape index (κ2) is 13.1. The predicted molar refractivity (Wildman–Crippen MR) is 169 cm³/mol. The van der Waals surface area contributed by atoms with E-state index in [1.807, 2.05) is 44.3 Å². The maximum absolute atomic E-state index is 13.7. The standard InChI is InChI=1S/C33H34F3N7O4/c1-20-6-3-7-21-8-4-10-24(26(20)21)27-29(47-19-33(34,35)36)28-25(16-38-27)30(40-31(39-28)46-18-23-9-5-13-41(23)2)42-14-15-43(32(44)45)22(17-42)11-12-37/h3-4,6-8,10,16,22-23H,5,9,11,13-15,17-19H2,1-2H3,(H,44,45)/t22-,23-/m0/s1. The number of hydrogen-bond acceptors (Lipinski definition) is 9. The monoisotopic (exact) mass is 649 g/mol. The van der Waals surface area contributed by atoms with Gasteiger partial charge in [0.25, 0.3) is 0 Å². The molecule has 4 heterocycles. The molecule has 0 saturated carbocycles. The van der Waals surface area contributed by atoms with Crippen LogP contribution in [0.15, 0.2) is 42.6 Å². The van der Waals surface area contributed by atoms with Crippen molar-refractivity contribution in [3.8, 4) is 29.1 Å². The van der Waals surface area contributed by atoms with Crippen LogP contribution < -0.4 is 14.4 Å². The van der Waals surface area contributed by atoms with E-state index in [0.717, 1.165) is 35.7 Å². The summed E-state index contributed by atoms with van der Waals surface area (Å²) >= 11 is 0. The fourth-order valence-electron chi connectivity index (χ4n) is 6.48. The maximum atomic E-state index is 13.7. The smallest absolute Gasteiger partial charge is 0.422 e. The van der Waals surface area contributed by atoms with Crippen LogP contribution in [0.1, 0.15) is 24.8 Å². The van der Waals surface area contributed by atoms with Gasteiger partial charge in [-0.3, -0.25) is 4.98 Å². The molecule has 11 nitrogen and oxygen atoms in total. The summed E-state index contributed by atoms with van der Waals surface area (Å²) in [5.74, 6) is 0.141. The number of ether oxygens (including phenoxy) is 2. The highest BCUT2D eigenvalue weighted by molar-refractivity contribution is 6.03. The third-order valence-corrected chi connectivity index (χ3v) is 8.84. The van der Waals surface area contributed by atoms with Crippen molar-refractivity contribution in [2.45, 2.75) is 44.4 Å². The highest BCUT2D eigenvalue weighted by Crippen LogP contribution is 2.42. The molecule has 1 N–H and O–H groups in total. The Morgan fingerprint density at radius 1 is 1.11 bits per heavy atom. The first-order valence-corrected chi connectivity index (χ1v) is 15.4. The van der Waals surface area contributed by atoms with Crippen molar-refractivity contribution in [1.29, 1.82) is 5.26 Å². The molecule has 0 aliphatic carbocycles. The van der Waals surface area contributed by atoms with E-state index in [1.165, 1.54) is 11.1 Å². The van der Waals surface area contributed by atoms with E-state index < -0.39 is 24.9 Å². The van der Waals surface area contributed by atoms with Gasteiger partial charge < -0.3 is 29.3 Å². The summed E-state index contributed by atoms with van der Waals surface area (Å²) in [4.78, 5) is 31.1. The van der Waals surface area contributed by atoms with Gasteiger partial charge in [0.2, 0.25) is 0 Å². The average Bonchev–Trinajstić information content (AvgIpc) is 3.46. The van der Waals surface area contributed by atoms with Crippen LogP contribution in [0.2, 0.25) is 0 Å². The van der Waals surface area contributed by atoms with E-state index in [9.17, 15) is 28.3 Å². The lowest BCUT2D eigenvalue weighted by molar-refractivity contribution is -0.153. The van der Waals surface area contributed by atoms with Crippen LogP contribution in [-0.2, 0) is 0 Å². The minimum Gasteiger partial charge on any atom is -0.480 e. The lowest BCUT2D eigenvalue weighted by atomic mass is 9.97. The lowest BCUT2D eigenvalue weighted by Gasteiger charge is -2.39. The molecule has 0 unspecified atom stereocenters. The molecule has 0 bridgehead atoms. The number of nitriles is 1. The minimum atomic E-state index is -4.64. The Hall–Kier alpha value is -4.90. The molecular weight excluding hydrogens is 615 g/mol. The Morgan fingerprint density at radius 2 is 1.89 bits per heavy atom. The summed E-state index contributed by atoms with van der Waals surface area (Å²) in [6.45, 7) is 1.96. The van der Waals surface area contributed by atoms with E-state index in [1.54, 1.807) is 11.0 Å². The van der Waals surface area contributed by atoms with E-state index in [-0.39, 0.29) is 61.7 Å². The summed E-state index contributed by atoms with van der Waals surface area (Å²) in [6.07, 6.45) is -2.40. The number of piperazine rings is 1. The van der Waals surface area contributed by atoms with Crippen molar-refractivity contribution in [3.63, 3.8) is 0 Å². The number of carboxylic acid groups (broad SMARTS) is 1. The molecule has 2 aromatic carbocycles. The van der Waals surface area contributed by atoms with Gasteiger partial charge in [-0.25, -0.2) is 4.79 Å². The van der Waals surface area contributed by atoms with Gasteiger partial charge in [0, 0.05) is 37.4 Å². The van der Waals surface area contributed by atoms with E-state index in [0.29, 0.717) is 16.8 Å². The average molecular weight is 650 g/mol. The number of rotatable bonds is 8. The molecule has 2 atom stereocenters. The third-order valence-electron chi connectivity index (χ3n) is 8.84. The third kappa shape index (κ3) is 6.66. The van der Waals surface area contributed by atoms with Gasteiger partial charge in [-0.2, -0.15) is 28.4 Å². The molecule has 47 heavy (non-hydrogen) atoms. The van der Waals surface area contributed by atoms with Crippen LogP contribution in [0, 0.1) is 18.3 Å². The lowest BCUT2D eigenvalue weighted by Crippen LogP contribution is -2.55. The molecule has 6 rings (SSSR count). The normalized spacial score (nSPS) is 18.9. The van der Waals surface area contributed by atoms with Gasteiger partial charge in [0.05, 0.1) is 23.9 Å². The number of aryl methyl sites for hydroxylation is 1. The minimum absolute atomic E-state index is 0.0478. The summed E-state index contributed by atoms with van der Waals surface area (Å²) in [6, 6.07) is 12.7. The number of fused-ring (bicyclic) bond motifs is 2. The second-order valence-corrected chi connectivity index (χ2v) is 11.9. The molecular formula is C33H34F3N7O4. The number of halogens is 3. The van der Waals surface area contributed by atoms with Crippen LogP contribution in [-0.4, -0.2) is 101 Å². The first kappa shape index (κ1) is 32.1. The molecule has 1 amide bonds. The van der Waals surface area contributed by atoms with Gasteiger partial charge >= 0.3 is 18.3 Å². The number of likely N-dealkylation sites (N-methyl/N-ethyl adjacent to an activating group) is 1. The second-order valence-electron chi connectivity index (χ2n) is 11.9. The van der Waals surface area contributed by atoms with Gasteiger partial charge in [-0.15, -0.1) is 0 Å². The molecule has 14 heteroatoms.